The Morgan fingerprint density at radius 1 is 1.19 bits per heavy atom. The number of hydrogen-bond acceptors (Lipinski definition) is 7. The van der Waals surface area contributed by atoms with E-state index in [4.69, 9.17) is 21.1 Å². The smallest absolute Gasteiger partial charge is 0.315 e. The van der Waals surface area contributed by atoms with Gasteiger partial charge in [0.05, 0.1) is 23.8 Å². The summed E-state index contributed by atoms with van der Waals surface area (Å²) in [6.07, 6.45) is 1.19. The van der Waals surface area contributed by atoms with Crippen molar-refractivity contribution < 1.29 is 24.3 Å². The Labute approximate surface area is 188 Å². The van der Waals surface area contributed by atoms with E-state index in [9.17, 15) is 20.0 Å². The molecular weight excluding hydrogens is 438 g/mol. The van der Waals surface area contributed by atoms with E-state index < -0.39 is 22.3 Å². The van der Waals surface area contributed by atoms with Crippen molar-refractivity contribution in [1.82, 2.24) is 5.43 Å². The summed E-state index contributed by atoms with van der Waals surface area (Å²) < 4.78 is 10.7. The molecule has 0 radical (unpaired) electrons. The summed E-state index contributed by atoms with van der Waals surface area (Å²) in [7, 11) is 1.26. The summed E-state index contributed by atoms with van der Waals surface area (Å²) >= 11 is 6.14. The molecule has 0 heterocycles. The molecule has 1 amide bonds. The van der Waals surface area contributed by atoms with E-state index in [0.717, 1.165) is 11.6 Å². The fourth-order valence-corrected chi connectivity index (χ4v) is 2.95. The van der Waals surface area contributed by atoms with Gasteiger partial charge in [0, 0.05) is 22.2 Å². The highest BCUT2D eigenvalue weighted by molar-refractivity contribution is 6.31. The van der Waals surface area contributed by atoms with Crippen molar-refractivity contribution in [2.45, 2.75) is 6.61 Å². The van der Waals surface area contributed by atoms with Crippen molar-refractivity contribution in [3.8, 4) is 17.2 Å². The molecule has 0 unspecified atom stereocenters. The lowest BCUT2D eigenvalue weighted by atomic mass is 10.2. The zero-order valence-corrected chi connectivity index (χ0v) is 17.6. The highest BCUT2D eigenvalue weighted by atomic mass is 35.5. The highest BCUT2D eigenvalue weighted by Gasteiger charge is 2.19. The van der Waals surface area contributed by atoms with Crippen molar-refractivity contribution in [1.29, 1.82) is 0 Å². The third-order valence-electron chi connectivity index (χ3n) is 4.35. The second-order valence-electron chi connectivity index (χ2n) is 6.42. The van der Waals surface area contributed by atoms with Crippen molar-refractivity contribution >= 4 is 29.4 Å². The molecule has 2 N–H and O–H groups in total. The summed E-state index contributed by atoms with van der Waals surface area (Å²) in [6.45, 7) is 0.171. The fourth-order valence-electron chi connectivity index (χ4n) is 2.76. The Balaban J connectivity index is 1.73. The first kappa shape index (κ1) is 22.6. The minimum atomic E-state index is -0.750. The van der Waals surface area contributed by atoms with Crippen LogP contribution in [0.1, 0.15) is 21.5 Å². The number of nitro groups is 1. The number of carbonyl (C=O) groups is 1. The number of amides is 1. The summed E-state index contributed by atoms with van der Waals surface area (Å²) in [5.74, 6) is -0.896. The van der Waals surface area contributed by atoms with E-state index in [-0.39, 0.29) is 23.5 Å². The minimum Gasteiger partial charge on any atom is -0.500 e. The number of ether oxygens (including phenoxy) is 2. The number of nitrogens with one attached hydrogen (secondary N) is 1. The zero-order chi connectivity index (χ0) is 23.1. The maximum absolute atomic E-state index is 12.6. The van der Waals surface area contributed by atoms with Crippen LogP contribution in [0.3, 0.4) is 0 Å². The van der Waals surface area contributed by atoms with Gasteiger partial charge in [0.15, 0.2) is 5.75 Å². The number of phenols is 1. The Morgan fingerprint density at radius 2 is 1.91 bits per heavy atom. The van der Waals surface area contributed by atoms with Crippen LogP contribution < -0.4 is 14.9 Å². The summed E-state index contributed by atoms with van der Waals surface area (Å²) in [5.41, 5.74) is 3.06. The molecule has 0 spiro atoms. The summed E-state index contributed by atoms with van der Waals surface area (Å²) in [5, 5.41) is 25.3. The molecule has 0 aromatic heterocycles. The van der Waals surface area contributed by atoms with Gasteiger partial charge in [-0.15, -0.1) is 0 Å². The SMILES string of the molecule is COc1cc(/C=N/NC(=O)c2ccccc2OCc2ccccc2Cl)cc([N+](=O)[O-])c1O. The third kappa shape index (κ3) is 5.32. The van der Waals surface area contributed by atoms with Gasteiger partial charge >= 0.3 is 5.69 Å². The fraction of sp³-hybridized carbons (Fsp3) is 0.0909. The van der Waals surface area contributed by atoms with Crippen LogP contribution in [0.5, 0.6) is 17.2 Å². The lowest BCUT2D eigenvalue weighted by molar-refractivity contribution is -0.386. The number of benzene rings is 3. The summed E-state index contributed by atoms with van der Waals surface area (Å²) in [4.78, 5) is 22.9. The number of nitrogens with zero attached hydrogens (tertiary/aromatic N) is 2. The predicted octanol–water partition coefficient (Wildman–Crippen LogP) is 4.31. The van der Waals surface area contributed by atoms with Gasteiger partial charge in [-0.25, -0.2) is 5.43 Å². The number of nitro benzene ring substituents is 1. The van der Waals surface area contributed by atoms with Gasteiger partial charge in [-0.1, -0.05) is 41.9 Å². The number of aromatic hydroxyl groups is 1. The predicted molar refractivity (Wildman–Crippen MR) is 119 cm³/mol. The number of carbonyl (C=O) groups excluding carboxylic acids is 1. The van der Waals surface area contributed by atoms with E-state index in [2.05, 4.69) is 10.5 Å². The molecule has 9 nitrogen and oxygen atoms in total. The van der Waals surface area contributed by atoms with Crippen LogP contribution in [-0.4, -0.2) is 29.3 Å². The maximum atomic E-state index is 12.6. The Morgan fingerprint density at radius 3 is 2.62 bits per heavy atom. The van der Waals surface area contributed by atoms with E-state index in [1.54, 1.807) is 30.3 Å². The molecular formula is C22H18ClN3O6. The van der Waals surface area contributed by atoms with Gasteiger partial charge in [0.1, 0.15) is 12.4 Å². The Bertz CT molecular complexity index is 1180. The molecule has 32 heavy (non-hydrogen) atoms. The molecule has 3 aromatic carbocycles. The monoisotopic (exact) mass is 455 g/mol. The standard InChI is InChI=1S/C22H18ClN3O6/c1-31-20-11-14(10-18(21(20)27)26(29)30)12-24-25-22(28)16-7-3-5-9-19(16)32-13-15-6-2-4-8-17(15)23/h2-12,27H,13H2,1H3,(H,25,28)/b24-12+. The quantitative estimate of drug-likeness (QED) is 0.296. The first-order valence-electron chi connectivity index (χ1n) is 9.24. The van der Waals surface area contributed by atoms with Gasteiger partial charge in [-0.3, -0.25) is 14.9 Å². The lowest BCUT2D eigenvalue weighted by Gasteiger charge is -2.11. The van der Waals surface area contributed by atoms with Gasteiger partial charge in [0.2, 0.25) is 5.75 Å². The molecule has 3 rings (SSSR count). The first-order chi connectivity index (χ1) is 15.4. The van der Waals surface area contributed by atoms with Crippen LogP contribution >= 0.6 is 11.6 Å². The Kier molecular flexibility index (Phi) is 7.25. The largest absolute Gasteiger partial charge is 0.500 e. The van der Waals surface area contributed by atoms with Crippen molar-refractivity contribution in [2.24, 2.45) is 5.10 Å². The van der Waals surface area contributed by atoms with Gasteiger partial charge in [-0.05, 0) is 24.3 Å². The zero-order valence-electron chi connectivity index (χ0n) is 16.8. The topological polar surface area (TPSA) is 123 Å². The molecule has 0 bridgehead atoms. The van der Waals surface area contributed by atoms with Crippen LogP contribution in [0.2, 0.25) is 5.02 Å². The van der Waals surface area contributed by atoms with Gasteiger partial charge in [0.25, 0.3) is 5.91 Å². The van der Waals surface area contributed by atoms with E-state index in [1.165, 1.54) is 19.4 Å². The second kappa shape index (κ2) is 10.3. The number of rotatable bonds is 8. The number of halogens is 1. The van der Waals surface area contributed by atoms with Crippen molar-refractivity contribution in [3.05, 3.63) is 92.5 Å². The number of methoxy groups -OCH3 is 1. The van der Waals surface area contributed by atoms with E-state index in [0.29, 0.717) is 10.8 Å². The molecule has 0 fully saturated rings. The molecule has 0 saturated heterocycles. The molecule has 3 aromatic rings. The maximum Gasteiger partial charge on any atom is 0.315 e. The molecule has 0 aliphatic rings. The lowest BCUT2D eigenvalue weighted by Crippen LogP contribution is -2.18. The molecule has 0 aliphatic heterocycles. The van der Waals surface area contributed by atoms with Crippen molar-refractivity contribution in [2.75, 3.05) is 7.11 Å². The minimum absolute atomic E-state index is 0.0923. The van der Waals surface area contributed by atoms with Gasteiger partial charge in [-0.2, -0.15) is 5.10 Å². The highest BCUT2D eigenvalue weighted by Crippen LogP contribution is 2.36. The van der Waals surface area contributed by atoms with Crippen LogP contribution in [0.25, 0.3) is 0 Å². The second-order valence-corrected chi connectivity index (χ2v) is 6.83. The first-order valence-corrected chi connectivity index (χ1v) is 9.62. The molecule has 0 saturated carbocycles. The molecule has 0 aliphatic carbocycles. The molecule has 10 heteroatoms. The summed E-state index contributed by atoms with van der Waals surface area (Å²) in [6, 6.07) is 16.3. The van der Waals surface area contributed by atoms with E-state index in [1.807, 2.05) is 18.2 Å². The van der Waals surface area contributed by atoms with Gasteiger partial charge < -0.3 is 14.6 Å². The van der Waals surface area contributed by atoms with Crippen LogP contribution in [0.15, 0.2) is 65.8 Å². The number of hydrogen-bond donors (Lipinski definition) is 2. The van der Waals surface area contributed by atoms with Crippen LogP contribution in [0.4, 0.5) is 5.69 Å². The molecule has 164 valence electrons. The number of hydrazone groups is 1. The van der Waals surface area contributed by atoms with Crippen LogP contribution in [-0.2, 0) is 6.61 Å². The van der Waals surface area contributed by atoms with E-state index >= 15 is 0 Å². The molecule has 0 atom stereocenters. The van der Waals surface area contributed by atoms with Crippen LogP contribution in [0, 0.1) is 10.1 Å². The average Bonchev–Trinajstić information content (AvgIpc) is 2.79. The van der Waals surface area contributed by atoms with Crippen molar-refractivity contribution in [3.63, 3.8) is 0 Å². The average molecular weight is 456 g/mol. The Hall–Kier alpha value is -4.11. The third-order valence-corrected chi connectivity index (χ3v) is 4.71. The number of para-hydroxylation sites is 1. The number of phenolic OH excluding ortho intramolecular Hbond substituents is 1. The normalized spacial score (nSPS) is 10.7.